The molecule has 1 aliphatic rings. The highest BCUT2D eigenvalue weighted by atomic mass is 32.2. The Bertz CT molecular complexity index is 1270. The van der Waals surface area contributed by atoms with Crippen molar-refractivity contribution < 1.29 is 27.8 Å². The van der Waals surface area contributed by atoms with Gasteiger partial charge in [-0.05, 0) is 73.2 Å². The molecule has 0 amide bonds. The molecule has 0 saturated heterocycles. The molecule has 2 N–H and O–H groups in total. The van der Waals surface area contributed by atoms with Crippen LogP contribution in [0.5, 0.6) is 11.5 Å². The second-order valence-electron chi connectivity index (χ2n) is 7.92. The molecular weight excluding hydrogens is 456 g/mol. The van der Waals surface area contributed by atoms with E-state index in [1.165, 1.54) is 12.3 Å². The molecule has 1 unspecified atom stereocenters. The Morgan fingerprint density at radius 3 is 2.68 bits per heavy atom. The van der Waals surface area contributed by atoms with Gasteiger partial charge in [0.05, 0.1) is 6.61 Å². The Kier molecular flexibility index (Phi) is 7.14. The zero-order valence-electron chi connectivity index (χ0n) is 18.7. The summed E-state index contributed by atoms with van der Waals surface area (Å²) >= 11 is 0. The molecule has 0 radical (unpaired) electrons. The maximum Gasteiger partial charge on any atom is 0.341 e. The van der Waals surface area contributed by atoms with Gasteiger partial charge in [-0.15, -0.1) is 0 Å². The van der Waals surface area contributed by atoms with E-state index >= 15 is 0 Å². The van der Waals surface area contributed by atoms with Crippen LogP contribution in [0.1, 0.15) is 36.9 Å². The number of rotatable bonds is 9. The Hall–Kier alpha value is -3.43. The molecule has 178 valence electrons. The van der Waals surface area contributed by atoms with Gasteiger partial charge in [-0.2, -0.15) is 0 Å². The number of carboxylic acids is 1. The first-order chi connectivity index (χ1) is 16.4. The lowest BCUT2D eigenvalue weighted by molar-refractivity contribution is -0.139. The fourth-order valence-electron chi connectivity index (χ4n) is 4.10. The van der Waals surface area contributed by atoms with Crippen LogP contribution in [0.25, 0.3) is 11.1 Å². The predicted molar refractivity (Wildman–Crippen MR) is 126 cm³/mol. The summed E-state index contributed by atoms with van der Waals surface area (Å²) < 4.78 is 39.9. The minimum atomic E-state index is -3.88. The third-order valence-electron chi connectivity index (χ3n) is 5.60. The van der Waals surface area contributed by atoms with Crippen molar-refractivity contribution in [3.63, 3.8) is 0 Å². The average Bonchev–Trinajstić information content (AvgIpc) is 2.83. The number of carbonyl (C=O) groups is 1. The molecule has 0 aliphatic heterocycles. The monoisotopic (exact) mass is 482 g/mol. The summed E-state index contributed by atoms with van der Waals surface area (Å²) in [6, 6.07) is 15.6. The second-order valence-corrected chi connectivity index (χ2v) is 9.58. The van der Waals surface area contributed by atoms with E-state index in [2.05, 4.69) is 9.71 Å². The Labute approximate surface area is 198 Å². The maximum atomic E-state index is 13.1. The minimum absolute atomic E-state index is 0.0670. The van der Waals surface area contributed by atoms with Crippen molar-refractivity contribution in [2.45, 2.75) is 37.3 Å². The first-order valence-electron chi connectivity index (χ1n) is 11.1. The molecule has 0 fully saturated rings. The number of ether oxygens (including phenoxy) is 2. The lowest BCUT2D eigenvalue weighted by Gasteiger charge is -2.27. The topological polar surface area (TPSA) is 115 Å². The van der Waals surface area contributed by atoms with Gasteiger partial charge in [0.2, 0.25) is 0 Å². The molecule has 9 heteroatoms. The fourth-order valence-corrected chi connectivity index (χ4v) is 5.28. The summed E-state index contributed by atoms with van der Waals surface area (Å²) in [5.74, 6) is 0.145. The molecule has 0 saturated carbocycles. The highest BCUT2D eigenvalue weighted by molar-refractivity contribution is 7.89. The van der Waals surface area contributed by atoms with Gasteiger partial charge in [-0.25, -0.2) is 22.9 Å². The van der Waals surface area contributed by atoms with Crippen molar-refractivity contribution in [3.05, 3.63) is 71.9 Å². The Balaban J connectivity index is 1.54. The van der Waals surface area contributed by atoms with E-state index in [4.69, 9.17) is 14.6 Å². The summed E-state index contributed by atoms with van der Waals surface area (Å²) in [4.78, 5) is 15.1. The van der Waals surface area contributed by atoms with Crippen LogP contribution in [-0.2, 0) is 21.2 Å². The average molecular weight is 483 g/mol. The van der Waals surface area contributed by atoms with Gasteiger partial charge in [0, 0.05) is 17.8 Å². The molecule has 0 bridgehead atoms. The number of fused-ring (bicyclic) bond motifs is 1. The minimum Gasteiger partial charge on any atom is -0.494 e. The number of pyridine rings is 1. The summed E-state index contributed by atoms with van der Waals surface area (Å²) in [5.41, 5.74) is 3.29. The van der Waals surface area contributed by atoms with E-state index in [0.717, 1.165) is 34.4 Å². The first-order valence-corrected chi connectivity index (χ1v) is 12.5. The predicted octanol–water partition coefficient (Wildman–Crippen LogP) is 3.97. The molecule has 1 aromatic heterocycles. The number of nitrogens with one attached hydrogen (secondary N) is 1. The van der Waals surface area contributed by atoms with E-state index in [-0.39, 0.29) is 5.03 Å². The molecule has 3 aromatic rings. The molecule has 34 heavy (non-hydrogen) atoms. The van der Waals surface area contributed by atoms with Crippen LogP contribution < -0.4 is 14.2 Å². The molecular formula is C25H26N2O6S. The number of carboxylic acid groups (broad SMARTS) is 1. The molecule has 1 atom stereocenters. The van der Waals surface area contributed by atoms with Gasteiger partial charge >= 0.3 is 5.97 Å². The van der Waals surface area contributed by atoms with Crippen molar-refractivity contribution in [3.8, 4) is 22.6 Å². The van der Waals surface area contributed by atoms with Crippen molar-refractivity contribution in [2.75, 3.05) is 13.2 Å². The van der Waals surface area contributed by atoms with Crippen molar-refractivity contribution in [1.29, 1.82) is 0 Å². The Morgan fingerprint density at radius 2 is 1.94 bits per heavy atom. The number of nitrogens with zero attached hydrogens (tertiary/aromatic N) is 1. The quantitative estimate of drug-likeness (QED) is 0.474. The van der Waals surface area contributed by atoms with Crippen LogP contribution in [0.15, 0.2) is 65.8 Å². The van der Waals surface area contributed by atoms with Crippen molar-refractivity contribution in [2.24, 2.45) is 0 Å². The van der Waals surface area contributed by atoms with E-state index in [1.807, 2.05) is 37.3 Å². The van der Waals surface area contributed by atoms with Gasteiger partial charge in [0.25, 0.3) is 10.0 Å². The number of aromatic nitrogens is 1. The van der Waals surface area contributed by atoms with Crippen LogP contribution in [0, 0.1) is 0 Å². The van der Waals surface area contributed by atoms with E-state index < -0.39 is 28.6 Å². The zero-order chi connectivity index (χ0) is 24.1. The standard InChI is InChI=1S/C25H26N2O6S/c1-2-32-19-7-3-6-17(14-19)18-12-13-24(26-15-18)34(30,31)27-22-10-4-9-21-20(22)8-5-11-23(21)33-16-25(28)29/h3,5-8,11-15,22,27H,2,4,9-10,16H2,1H3,(H,28,29). The normalized spacial score (nSPS) is 15.4. The molecule has 1 aliphatic carbocycles. The fraction of sp³-hybridized carbons (Fsp3) is 0.280. The molecule has 1 heterocycles. The van der Waals surface area contributed by atoms with Crippen molar-refractivity contribution >= 4 is 16.0 Å². The lowest BCUT2D eigenvalue weighted by Crippen LogP contribution is -2.31. The van der Waals surface area contributed by atoms with Gasteiger partial charge in [-0.1, -0.05) is 24.3 Å². The SMILES string of the molecule is CCOc1cccc(-c2ccc(S(=O)(=O)NC3CCCc4c(OCC(=O)O)cccc43)nc2)c1. The van der Waals surface area contributed by atoms with E-state index in [9.17, 15) is 13.2 Å². The summed E-state index contributed by atoms with van der Waals surface area (Å²) in [6.45, 7) is 2.02. The summed E-state index contributed by atoms with van der Waals surface area (Å²) in [6.07, 6.45) is 3.59. The van der Waals surface area contributed by atoms with Crippen LogP contribution in [-0.4, -0.2) is 37.7 Å². The van der Waals surface area contributed by atoms with Gasteiger partial charge in [-0.3, -0.25) is 0 Å². The maximum absolute atomic E-state index is 13.1. The van der Waals surface area contributed by atoms with Gasteiger partial charge < -0.3 is 14.6 Å². The Morgan fingerprint density at radius 1 is 1.12 bits per heavy atom. The zero-order valence-corrected chi connectivity index (χ0v) is 19.5. The van der Waals surface area contributed by atoms with E-state index in [0.29, 0.717) is 25.2 Å². The number of hydrogen-bond acceptors (Lipinski definition) is 6. The molecule has 2 aromatic carbocycles. The van der Waals surface area contributed by atoms with Gasteiger partial charge in [0.15, 0.2) is 11.6 Å². The highest BCUT2D eigenvalue weighted by Crippen LogP contribution is 2.36. The number of aliphatic carboxylic acids is 1. The second kappa shape index (κ2) is 10.2. The number of sulfonamides is 1. The summed E-state index contributed by atoms with van der Waals surface area (Å²) in [7, 11) is -3.88. The van der Waals surface area contributed by atoms with Gasteiger partial charge in [0.1, 0.15) is 11.5 Å². The largest absolute Gasteiger partial charge is 0.494 e. The van der Waals surface area contributed by atoms with Crippen LogP contribution in [0.4, 0.5) is 0 Å². The molecule has 4 rings (SSSR count). The third-order valence-corrected chi connectivity index (χ3v) is 6.99. The molecule has 8 nitrogen and oxygen atoms in total. The van der Waals surface area contributed by atoms with Crippen LogP contribution in [0.3, 0.4) is 0 Å². The first kappa shape index (κ1) is 23.7. The van der Waals surface area contributed by atoms with Crippen LogP contribution >= 0.6 is 0 Å². The smallest absolute Gasteiger partial charge is 0.341 e. The summed E-state index contributed by atoms with van der Waals surface area (Å²) in [5, 5.41) is 8.84. The third kappa shape index (κ3) is 5.37. The number of hydrogen-bond donors (Lipinski definition) is 2. The van der Waals surface area contributed by atoms with Crippen molar-refractivity contribution in [1.82, 2.24) is 9.71 Å². The molecule has 0 spiro atoms. The van der Waals surface area contributed by atoms with Crippen LogP contribution in [0.2, 0.25) is 0 Å². The highest BCUT2D eigenvalue weighted by Gasteiger charge is 2.28. The lowest BCUT2D eigenvalue weighted by atomic mass is 9.87. The van der Waals surface area contributed by atoms with E-state index in [1.54, 1.807) is 18.2 Å². The number of benzene rings is 2.